The van der Waals surface area contributed by atoms with Crippen molar-refractivity contribution in [3.8, 4) is 0 Å². The van der Waals surface area contributed by atoms with Crippen molar-refractivity contribution < 1.29 is 9.18 Å². The van der Waals surface area contributed by atoms with Crippen LogP contribution in [0.1, 0.15) is 16.1 Å². The predicted octanol–water partition coefficient (Wildman–Crippen LogP) is 4.89. The number of carbonyl (C=O) groups is 1. The number of nitrogens with zero attached hydrogens (tertiary/aromatic N) is 2. The lowest BCUT2D eigenvalue weighted by molar-refractivity contribution is 0.0779. The molecule has 0 bridgehead atoms. The molecule has 0 radical (unpaired) electrons. The fourth-order valence-electron chi connectivity index (χ4n) is 2.49. The van der Waals surface area contributed by atoms with Crippen molar-refractivity contribution in [2.24, 2.45) is 0 Å². The van der Waals surface area contributed by atoms with Gasteiger partial charge in [0.2, 0.25) is 0 Å². The van der Waals surface area contributed by atoms with Crippen LogP contribution in [-0.2, 0) is 6.54 Å². The first kappa shape index (κ1) is 17.9. The molecule has 3 rings (SSSR count). The Morgan fingerprint density at radius 2 is 1.85 bits per heavy atom. The van der Waals surface area contributed by atoms with Gasteiger partial charge in [-0.15, -0.1) is 0 Å². The standard InChI is InChI=1S/C20H17ClFN3O/c1-25(13-14-5-3-2-4-6-14)20(26)19-12-16(9-10-23-19)24-15-7-8-18(22)17(21)11-15/h2-12H,13H2,1H3,(H,23,24). The molecule has 0 aliphatic carbocycles. The van der Waals surface area contributed by atoms with E-state index < -0.39 is 5.82 Å². The Morgan fingerprint density at radius 1 is 1.12 bits per heavy atom. The SMILES string of the molecule is CN(Cc1ccccc1)C(=O)c1cc(Nc2ccc(F)c(Cl)c2)ccn1. The average molecular weight is 370 g/mol. The second kappa shape index (κ2) is 7.97. The Bertz CT molecular complexity index is 918. The quantitative estimate of drug-likeness (QED) is 0.696. The van der Waals surface area contributed by atoms with Crippen LogP contribution in [-0.4, -0.2) is 22.8 Å². The molecule has 2 aromatic carbocycles. The van der Waals surface area contributed by atoms with Crippen molar-refractivity contribution >= 4 is 28.9 Å². The molecule has 132 valence electrons. The Morgan fingerprint density at radius 3 is 2.58 bits per heavy atom. The summed E-state index contributed by atoms with van der Waals surface area (Å²) in [7, 11) is 1.73. The van der Waals surface area contributed by atoms with Crippen LogP contribution >= 0.6 is 11.6 Å². The Kier molecular flexibility index (Phi) is 5.49. The molecular formula is C20H17ClFN3O. The van der Waals surface area contributed by atoms with Gasteiger partial charge >= 0.3 is 0 Å². The van der Waals surface area contributed by atoms with Gasteiger partial charge in [-0.1, -0.05) is 41.9 Å². The van der Waals surface area contributed by atoms with Crippen LogP contribution in [0.3, 0.4) is 0 Å². The number of hydrogen-bond donors (Lipinski definition) is 1. The average Bonchev–Trinajstić information content (AvgIpc) is 2.65. The van der Waals surface area contributed by atoms with E-state index in [1.807, 2.05) is 30.3 Å². The zero-order valence-electron chi connectivity index (χ0n) is 14.1. The molecule has 0 unspecified atom stereocenters. The first-order chi connectivity index (χ1) is 12.5. The molecule has 4 nitrogen and oxygen atoms in total. The van der Waals surface area contributed by atoms with Crippen molar-refractivity contribution in [1.82, 2.24) is 9.88 Å². The van der Waals surface area contributed by atoms with Crippen molar-refractivity contribution in [3.63, 3.8) is 0 Å². The van der Waals surface area contributed by atoms with Crippen LogP contribution in [0.4, 0.5) is 15.8 Å². The van der Waals surface area contributed by atoms with Gasteiger partial charge in [-0.3, -0.25) is 9.78 Å². The third-order valence-electron chi connectivity index (χ3n) is 3.80. The lowest BCUT2D eigenvalue weighted by atomic mass is 10.2. The van der Waals surface area contributed by atoms with Crippen LogP contribution in [0.15, 0.2) is 66.9 Å². The van der Waals surface area contributed by atoms with Gasteiger partial charge in [-0.2, -0.15) is 0 Å². The number of nitrogens with one attached hydrogen (secondary N) is 1. The lowest BCUT2D eigenvalue weighted by Gasteiger charge is -2.17. The number of aromatic nitrogens is 1. The molecular weight excluding hydrogens is 353 g/mol. The molecule has 3 aromatic rings. The molecule has 0 aliphatic heterocycles. The Hall–Kier alpha value is -2.92. The smallest absolute Gasteiger partial charge is 0.272 e. The highest BCUT2D eigenvalue weighted by Crippen LogP contribution is 2.23. The van der Waals surface area contributed by atoms with E-state index in [-0.39, 0.29) is 10.9 Å². The molecule has 6 heteroatoms. The summed E-state index contributed by atoms with van der Waals surface area (Å²) in [6.07, 6.45) is 1.55. The normalized spacial score (nSPS) is 10.4. The zero-order chi connectivity index (χ0) is 18.5. The van der Waals surface area contributed by atoms with Crippen molar-refractivity contribution in [1.29, 1.82) is 0 Å². The van der Waals surface area contributed by atoms with E-state index >= 15 is 0 Å². The van der Waals surface area contributed by atoms with Crippen molar-refractivity contribution in [3.05, 3.63) is 89.0 Å². The molecule has 26 heavy (non-hydrogen) atoms. The predicted molar refractivity (Wildman–Crippen MR) is 101 cm³/mol. The number of benzene rings is 2. The summed E-state index contributed by atoms with van der Waals surface area (Å²) in [5.74, 6) is -0.667. The molecule has 0 atom stereocenters. The molecule has 1 N–H and O–H groups in total. The van der Waals surface area contributed by atoms with Crippen LogP contribution in [0.25, 0.3) is 0 Å². The van der Waals surface area contributed by atoms with E-state index in [9.17, 15) is 9.18 Å². The first-order valence-corrected chi connectivity index (χ1v) is 8.38. The van der Waals surface area contributed by atoms with Gasteiger partial charge in [-0.05, 0) is 35.9 Å². The van der Waals surface area contributed by atoms with E-state index in [4.69, 9.17) is 11.6 Å². The molecule has 1 amide bonds. The topological polar surface area (TPSA) is 45.2 Å². The van der Waals surface area contributed by atoms with E-state index in [1.54, 1.807) is 36.3 Å². The first-order valence-electron chi connectivity index (χ1n) is 8.00. The number of pyridine rings is 1. The molecule has 0 saturated carbocycles. The van der Waals surface area contributed by atoms with Gasteiger partial charge in [0.1, 0.15) is 11.5 Å². The number of carbonyl (C=O) groups excluding carboxylic acids is 1. The van der Waals surface area contributed by atoms with Crippen LogP contribution in [0.5, 0.6) is 0 Å². The fourth-order valence-corrected chi connectivity index (χ4v) is 2.67. The summed E-state index contributed by atoms with van der Waals surface area (Å²) in [5.41, 5.74) is 2.65. The maximum absolute atomic E-state index is 13.3. The zero-order valence-corrected chi connectivity index (χ0v) is 14.9. The summed E-state index contributed by atoms with van der Waals surface area (Å²) >= 11 is 5.79. The van der Waals surface area contributed by atoms with Crippen LogP contribution in [0, 0.1) is 5.82 Å². The molecule has 1 aromatic heterocycles. The minimum absolute atomic E-state index is 0.0305. The number of hydrogen-bond acceptors (Lipinski definition) is 3. The lowest BCUT2D eigenvalue weighted by Crippen LogP contribution is -2.27. The third kappa shape index (κ3) is 4.37. The van der Waals surface area contributed by atoms with E-state index in [0.29, 0.717) is 23.6 Å². The van der Waals surface area contributed by atoms with E-state index in [0.717, 1.165) is 5.56 Å². The number of amides is 1. The van der Waals surface area contributed by atoms with Gasteiger partial charge in [-0.25, -0.2) is 4.39 Å². The molecule has 0 spiro atoms. The van der Waals surface area contributed by atoms with Crippen LogP contribution in [0.2, 0.25) is 5.02 Å². The summed E-state index contributed by atoms with van der Waals surface area (Å²) in [4.78, 5) is 18.4. The number of halogens is 2. The molecule has 1 heterocycles. The largest absolute Gasteiger partial charge is 0.355 e. The highest BCUT2D eigenvalue weighted by Gasteiger charge is 2.14. The summed E-state index contributed by atoms with van der Waals surface area (Å²) in [6, 6.07) is 17.5. The minimum atomic E-state index is -0.481. The summed E-state index contributed by atoms with van der Waals surface area (Å²) in [6.45, 7) is 0.493. The van der Waals surface area contributed by atoms with E-state index in [1.165, 1.54) is 12.1 Å². The Balaban J connectivity index is 1.73. The monoisotopic (exact) mass is 369 g/mol. The highest BCUT2D eigenvalue weighted by atomic mass is 35.5. The second-order valence-electron chi connectivity index (χ2n) is 5.83. The van der Waals surface area contributed by atoms with Crippen LogP contribution < -0.4 is 5.32 Å². The minimum Gasteiger partial charge on any atom is -0.355 e. The molecule has 0 fully saturated rings. The maximum atomic E-state index is 13.3. The van der Waals surface area contributed by atoms with E-state index in [2.05, 4.69) is 10.3 Å². The van der Waals surface area contributed by atoms with Gasteiger partial charge in [0.25, 0.3) is 5.91 Å². The fraction of sp³-hybridized carbons (Fsp3) is 0.100. The van der Waals surface area contributed by atoms with Crippen molar-refractivity contribution in [2.45, 2.75) is 6.54 Å². The second-order valence-corrected chi connectivity index (χ2v) is 6.24. The highest BCUT2D eigenvalue weighted by molar-refractivity contribution is 6.31. The summed E-state index contributed by atoms with van der Waals surface area (Å²) < 4.78 is 13.3. The van der Waals surface area contributed by atoms with Gasteiger partial charge in [0.05, 0.1) is 5.02 Å². The third-order valence-corrected chi connectivity index (χ3v) is 4.09. The number of rotatable bonds is 5. The molecule has 0 saturated heterocycles. The number of anilines is 2. The Labute approximate surface area is 156 Å². The summed E-state index contributed by atoms with van der Waals surface area (Å²) in [5, 5.41) is 3.12. The van der Waals surface area contributed by atoms with Gasteiger partial charge in [0.15, 0.2) is 0 Å². The van der Waals surface area contributed by atoms with Gasteiger partial charge in [0, 0.05) is 31.2 Å². The maximum Gasteiger partial charge on any atom is 0.272 e. The molecule has 0 aliphatic rings. The van der Waals surface area contributed by atoms with Crippen molar-refractivity contribution in [2.75, 3.05) is 12.4 Å². The van der Waals surface area contributed by atoms with Gasteiger partial charge < -0.3 is 10.2 Å².